The van der Waals surface area contributed by atoms with Crippen LogP contribution in [-0.2, 0) is 0 Å². The zero-order valence-corrected chi connectivity index (χ0v) is 28.3. The third kappa shape index (κ3) is 20.1. The molecule has 0 saturated carbocycles. The van der Waals surface area contributed by atoms with Gasteiger partial charge in [0.25, 0.3) is 5.82 Å². The van der Waals surface area contributed by atoms with E-state index in [1.54, 1.807) is 0 Å². The number of aromatic nitrogens is 2. The van der Waals surface area contributed by atoms with Crippen LogP contribution in [0.3, 0.4) is 0 Å². The second-order valence-corrected chi connectivity index (χ2v) is 13.3. The van der Waals surface area contributed by atoms with E-state index < -0.39 is 0 Å². The van der Waals surface area contributed by atoms with Crippen LogP contribution in [0.4, 0.5) is 0 Å². The van der Waals surface area contributed by atoms with E-state index in [0.717, 1.165) is 0 Å². The number of H-pyrrole nitrogens is 1. The first-order valence-corrected chi connectivity index (χ1v) is 18.8. The Morgan fingerprint density at radius 3 is 1.18 bits per heavy atom. The summed E-state index contributed by atoms with van der Waals surface area (Å²) in [4.78, 5) is 3.72. The Morgan fingerprint density at radius 2 is 0.800 bits per heavy atom. The fourth-order valence-electron chi connectivity index (χ4n) is 6.60. The predicted octanol–water partition coefficient (Wildman–Crippen LogP) is 13.3. The zero-order valence-electron chi connectivity index (χ0n) is 28.3. The molecule has 2 nitrogen and oxygen atoms in total. The van der Waals surface area contributed by atoms with Crippen molar-refractivity contribution < 1.29 is 4.57 Å². The van der Waals surface area contributed by atoms with Gasteiger partial charge in [0, 0.05) is 0 Å². The van der Waals surface area contributed by atoms with Crippen molar-refractivity contribution >= 4 is 0 Å². The van der Waals surface area contributed by atoms with E-state index in [2.05, 4.69) is 49.6 Å². The Bertz CT molecular complexity index is 621. The lowest BCUT2D eigenvalue weighted by molar-refractivity contribution is -0.727. The van der Waals surface area contributed by atoms with Crippen molar-refractivity contribution in [3.63, 3.8) is 0 Å². The maximum atomic E-state index is 3.72. The third-order valence-electron chi connectivity index (χ3n) is 9.39. The van der Waals surface area contributed by atoms with E-state index in [9.17, 15) is 0 Å². The molecule has 0 radical (unpaired) electrons. The highest BCUT2D eigenvalue weighted by Gasteiger charge is 2.25. The van der Waals surface area contributed by atoms with Gasteiger partial charge in [-0.05, 0) is 32.6 Å². The molecule has 0 amide bonds. The normalized spacial score (nSPS) is 13.2. The molecule has 0 aliphatic heterocycles. The molecular formula is C38H75N2+. The Morgan fingerprint density at radius 1 is 0.475 bits per heavy atom. The van der Waals surface area contributed by atoms with Crippen LogP contribution >= 0.6 is 0 Å². The van der Waals surface area contributed by atoms with Crippen LogP contribution in [0.25, 0.3) is 0 Å². The number of hydrogen-bond acceptors (Lipinski definition) is 0. The van der Waals surface area contributed by atoms with Crippen molar-refractivity contribution in [1.29, 1.82) is 0 Å². The number of unbranched alkanes of at least 4 members (excludes halogenated alkanes) is 23. The molecule has 236 valence electrons. The van der Waals surface area contributed by atoms with Crippen molar-refractivity contribution in [2.75, 3.05) is 0 Å². The second kappa shape index (κ2) is 28.3. The summed E-state index contributed by atoms with van der Waals surface area (Å²) in [6.07, 6.45) is 45.7. The first kappa shape index (κ1) is 37.2. The Balaban J connectivity index is 2.30. The van der Waals surface area contributed by atoms with E-state index in [4.69, 9.17) is 0 Å². The monoisotopic (exact) mass is 560 g/mol. The highest BCUT2D eigenvalue weighted by Crippen LogP contribution is 2.27. The molecule has 1 N–H and O–H groups in total. The molecule has 2 atom stereocenters. The Labute approximate surface area is 253 Å². The molecule has 0 spiro atoms. The van der Waals surface area contributed by atoms with E-state index in [-0.39, 0.29) is 0 Å². The van der Waals surface area contributed by atoms with Gasteiger partial charge >= 0.3 is 0 Å². The minimum atomic E-state index is 0.621. The lowest BCUT2D eigenvalue weighted by atomic mass is 9.93. The molecule has 0 aliphatic carbocycles. The number of aromatic amines is 1. The summed E-state index contributed by atoms with van der Waals surface area (Å²) in [5, 5.41) is 0. The summed E-state index contributed by atoms with van der Waals surface area (Å²) in [6, 6.07) is 0.621. The van der Waals surface area contributed by atoms with Gasteiger partial charge in [0.1, 0.15) is 12.4 Å². The fourth-order valence-corrected chi connectivity index (χ4v) is 6.60. The van der Waals surface area contributed by atoms with Gasteiger partial charge in [-0.3, -0.25) is 0 Å². The van der Waals surface area contributed by atoms with Crippen LogP contribution < -0.4 is 4.57 Å². The van der Waals surface area contributed by atoms with Crippen molar-refractivity contribution in [3.05, 3.63) is 18.2 Å². The lowest BCUT2D eigenvalue weighted by Crippen LogP contribution is -2.41. The average molecular weight is 560 g/mol. The standard InChI is InChI=1S/C38H74N2/c1-5-8-11-14-16-17-18-19-20-21-22-24-26-28-31-36(4)40-35-34-39-38(40)37(32-29-25-13-10-7-3)33-30-27-23-15-12-9-6-2/h34-37H,5-33H2,1-4H3/p+1. The Hall–Kier alpha value is -0.790. The molecule has 2 heteroatoms. The SMILES string of the molecule is CCCCCCCCCCCCCCCCC(C)[n+]1cc[nH]c1C(CCCCCCC)CCCCCCCCC. The van der Waals surface area contributed by atoms with E-state index in [1.807, 2.05) is 0 Å². The number of rotatable bonds is 31. The maximum absolute atomic E-state index is 3.72. The second-order valence-electron chi connectivity index (χ2n) is 13.3. The summed E-state index contributed by atoms with van der Waals surface area (Å²) < 4.78 is 2.63. The first-order chi connectivity index (χ1) is 19.7. The average Bonchev–Trinajstić information content (AvgIpc) is 3.45. The lowest BCUT2D eigenvalue weighted by Gasteiger charge is -2.17. The van der Waals surface area contributed by atoms with Gasteiger partial charge in [-0.15, -0.1) is 0 Å². The quantitative estimate of drug-likeness (QED) is 0.0689. The van der Waals surface area contributed by atoms with E-state index in [0.29, 0.717) is 12.0 Å². The molecule has 1 heterocycles. The van der Waals surface area contributed by atoms with Gasteiger partial charge in [-0.25, -0.2) is 9.55 Å². The number of hydrogen-bond donors (Lipinski definition) is 1. The van der Waals surface area contributed by atoms with Gasteiger partial charge in [-0.2, -0.15) is 0 Å². The molecule has 0 saturated heterocycles. The topological polar surface area (TPSA) is 19.7 Å². The van der Waals surface area contributed by atoms with Crippen LogP contribution in [0.5, 0.6) is 0 Å². The van der Waals surface area contributed by atoms with Crippen molar-refractivity contribution in [2.45, 2.75) is 226 Å². The molecule has 0 bridgehead atoms. The van der Waals surface area contributed by atoms with Crippen LogP contribution in [0.15, 0.2) is 12.4 Å². The van der Waals surface area contributed by atoms with Gasteiger partial charge in [0.15, 0.2) is 0 Å². The zero-order chi connectivity index (χ0) is 28.9. The predicted molar refractivity (Wildman–Crippen MR) is 179 cm³/mol. The van der Waals surface area contributed by atoms with Crippen LogP contribution in [0.2, 0.25) is 0 Å². The van der Waals surface area contributed by atoms with Crippen molar-refractivity contribution in [3.8, 4) is 0 Å². The fraction of sp³-hybridized carbons (Fsp3) is 0.921. The van der Waals surface area contributed by atoms with Gasteiger partial charge in [-0.1, -0.05) is 181 Å². The first-order valence-electron chi connectivity index (χ1n) is 18.8. The molecule has 1 rings (SSSR count). The number of nitrogens with one attached hydrogen (secondary N) is 1. The summed E-state index contributed by atoms with van der Waals surface area (Å²) in [6.45, 7) is 9.41. The van der Waals surface area contributed by atoms with Crippen molar-refractivity contribution in [1.82, 2.24) is 4.98 Å². The van der Waals surface area contributed by atoms with Crippen LogP contribution in [0, 0.1) is 0 Å². The van der Waals surface area contributed by atoms with Gasteiger partial charge in [0.2, 0.25) is 0 Å². The molecule has 2 unspecified atom stereocenters. The smallest absolute Gasteiger partial charge is 0.247 e. The summed E-state index contributed by atoms with van der Waals surface area (Å²) in [5.41, 5.74) is 0. The molecule has 1 aromatic heterocycles. The summed E-state index contributed by atoms with van der Waals surface area (Å²) >= 11 is 0. The third-order valence-corrected chi connectivity index (χ3v) is 9.39. The molecule has 1 aromatic rings. The van der Waals surface area contributed by atoms with Crippen LogP contribution in [0.1, 0.15) is 232 Å². The highest BCUT2D eigenvalue weighted by atomic mass is 15.1. The number of nitrogens with zero attached hydrogens (tertiary/aromatic N) is 1. The van der Waals surface area contributed by atoms with E-state index in [1.165, 1.54) is 192 Å². The van der Waals surface area contributed by atoms with Gasteiger partial charge in [0.05, 0.1) is 12.0 Å². The maximum Gasteiger partial charge on any atom is 0.257 e. The van der Waals surface area contributed by atoms with Crippen molar-refractivity contribution in [2.24, 2.45) is 0 Å². The largest absolute Gasteiger partial charge is 0.257 e. The summed E-state index contributed by atoms with van der Waals surface area (Å²) in [7, 11) is 0. The van der Waals surface area contributed by atoms with Crippen LogP contribution in [-0.4, -0.2) is 4.98 Å². The summed E-state index contributed by atoms with van der Waals surface area (Å²) in [5.74, 6) is 2.24. The minimum absolute atomic E-state index is 0.621. The molecule has 0 aromatic carbocycles. The molecule has 0 fully saturated rings. The van der Waals surface area contributed by atoms with E-state index >= 15 is 0 Å². The highest BCUT2D eigenvalue weighted by molar-refractivity contribution is 4.90. The molecule has 0 aliphatic rings. The molecular weight excluding hydrogens is 484 g/mol. The Kier molecular flexibility index (Phi) is 26.4. The minimum Gasteiger partial charge on any atom is -0.247 e. The van der Waals surface area contributed by atoms with Gasteiger partial charge < -0.3 is 0 Å². The molecule has 40 heavy (non-hydrogen) atoms. The number of imidazole rings is 1.